The average molecular weight is 335 g/mol. The van der Waals surface area contributed by atoms with Crippen LogP contribution in [0.1, 0.15) is 28.7 Å². The number of benzene rings is 1. The molecule has 0 saturated carbocycles. The normalized spacial score (nSPS) is 17.6. The summed E-state index contributed by atoms with van der Waals surface area (Å²) < 4.78 is 2.09. The first-order chi connectivity index (χ1) is 12.1. The maximum Gasteiger partial charge on any atom is 0.270 e. The maximum atomic E-state index is 12.8. The van der Waals surface area contributed by atoms with Crippen molar-refractivity contribution in [3.63, 3.8) is 0 Å². The van der Waals surface area contributed by atoms with Crippen molar-refractivity contribution < 1.29 is 4.79 Å². The minimum atomic E-state index is -0.00275. The molecule has 0 bridgehead atoms. The molecule has 3 heterocycles. The second-order valence-corrected chi connectivity index (χ2v) is 6.53. The molecular formula is C19H21N5O. The number of carbonyl (C=O) groups excluding carboxylic acids is 1. The van der Waals surface area contributed by atoms with Crippen LogP contribution in [-0.2, 0) is 6.54 Å². The van der Waals surface area contributed by atoms with E-state index in [2.05, 4.69) is 44.3 Å². The molecule has 2 aliphatic heterocycles. The van der Waals surface area contributed by atoms with Crippen LogP contribution < -0.4 is 10.3 Å². The summed E-state index contributed by atoms with van der Waals surface area (Å²) in [5.41, 5.74) is 6.99. The van der Waals surface area contributed by atoms with Crippen molar-refractivity contribution in [2.45, 2.75) is 19.6 Å². The number of amides is 1. The summed E-state index contributed by atoms with van der Waals surface area (Å²) in [6.07, 6.45) is 4.17. The summed E-state index contributed by atoms with van der Waals surface area (Å²) in [6, 6.07) is 12.2. The van der Waals surface area contributed by atoms with Crippen LogP contribution >= 0.6 is 0 Å². The van der Waals surface area contributed by atoms with Gasteiger partial charge in [0.25, 0.3) is 5.91 Å². The molecule has 25 heavy (non-hydrogen) atoms. The molecule has 1 atom stereocenters. The van der Waals surface area contributed by atoms with E-state index in [1.54, 1.807) is 19.0 Å². The molecule has 6 heteroatoms. The van der Waals surface area contributed by atoms with Crippen LogP contribution in [0.4, 0.5) is 5.69 Å². The summed E-state index contributed by atoms with van der Waals surface area (Å²) in [4.78, 5) is 16.5. The Labute approximate surface area is 147 Å². The Morgan fingerprint density at radius 3 is 2.76 bits per heavy atom. The van der Waals surface area contributed by atoms with Gasteiger partial charge in [0.2, 0.25) is 0 Å². The first-order valence-electron chi connectivity index (χ1n) is 8.32. The molecule has 1 amide bonds. The summed E-state index contributed by atoms with van der Waals surface area (Å²) in [7, 11) is 3.56. The molecular weight excluding hydrogens is 314 g/mol. The lowest BCUT2D eigenvalue weighted by Crippen LogP contribution is -2.39. The molecule has 0 fully saturated rings. The third-order valence-electron chi connectivity index (χ3n) is 4.61. The Bertz CT molecular complexity index is 879. The van der Waals surface area contributed by atoms with Gasteiger partial charge in [0.1, 0.15) is 17.7 Å². The topological polar surface area (TPSA) is 52.9 Å². The van der Waals surface area contributed by atoms with Crippen LogP contribution in [-0.4, -0.2) is 41.5 Å². The molecule has 4 rings (SSSR count). The summed E-state index contributed by atoms with van der Waals surface area (Å²) in [5, 5.41) is 4.32. The summed E-state index contributed by atoms with van der Waals surface area (Å²) >= 11 is 0. The molecule has 6 nitrogen and oxygen atoms in total. The second-order valence-electron chi connectivity index (χ2n) is 6.53. The lowest BCUT2D eigenvalue weighted by molar-refractivity contribution is 0.0817. The molecule has 0 spiro atoms. The quantitative estimate of drug-likeness (QED) is 0.937. The van der Waals surface area contributed by atoms with Crippen LogP contribution in [0.3, 0.4) is 0 Å². The van der Waals surface area contributed by atoms with Crippen molar-refractivity contribution in [2.75, 3.05) is 19.0 Å². The maximum absolute atomic E-state index is 12.8. The number of rotatable bonds is 3. The number of carbonyl (C=O) groups is 1. The monoisotopic (exact) mass is 335 g/mol. The van der Waals surface area contributed by atoms with E-state index in [1.165, 1.54) is 0 Å². The standard InChI is InChI=1S/C19H21N5O/c1-13-20-21-18-10-9-15-16(24(13)18)11-17(19(25)22(2)3)23(15)12-14-7-5-4-6-8-14/h4-11,18,21H,12H2,1-3H3. The van der Waals surface area contributed by atoms with E-state index in [9.17, 15) is 4.79 Å². The highest BCUT2D eigenvalue weighted by molar-refractivity contribution is 6.03. The highest BCUT2D eigenvalue weighted by atomic mass is 16.2. The van der Waals surface area contributed by atoms with E-state index in [0.717, 1.165) is 22.8 Å². The van der Waals surface area contributed by atoms with Gasteiger partial charge in [0, 0.05) is 20.6 Å². The lowest BCUT2D eigenvalue weighted by atomic mass is 10.2. The summed E-state index contributed by atoms with van der Waals surface area (Å²) in [6.45, 7) is 2.62. The van der Waals surface area contributed by atoms with Crippen LogP contribution in [0.25, 0.3) is 6.08 Å². The van der Waals surface area contributed by atoms with E-state index >= 15 is 0 Å². The van der Waals surface area contributed by atoms with Gasteiger partial charge in [0.05, 0.1) is 11.4 Å². The van der Waals surface area contributed by atoms with Gasteiger partial charge in [-0.05, 0) is 30.7 Å². The van der Waals surface area contributed by atoms with E-state index in [-0.39, 0.29) is 12.1 Å². The smallest absolute Gasteiger partial charge is 0.270 e. The Balaban J connectivity index is 1.85. The largest absolute Gasteiger partial charge is 0.343 e. The molecule has 2 aliphatic rings. The first-order valence-corrected chi connectivity index (χ1v) is 8.32. The Hall–Kier alpha value is -3.02. The number of hydrogen-bond acceptors (Lipinski definition) is 4. The number of aromatic nitrogens is 1. The molecule has 1 aromatic carbocycles. The zero-order valence-corrected chi connectivity index (χ0v) is 14.6. The minimum absolute atomic E-state index is 0.00275. The summed E-state index contributed by atoms with van der Waals surface area (Å²) in [5.74, 6) is 0.897. The number of fused-ring (bicyclic) bond motifs is 3. The number of anilines is 1. The second kappa shape index (κ2) is 5.81. The molecule has 0 aliphatic carbocycles. The molecule has 1 unspecified atom stereocenters. The number of nitrogens with zero attached hydrogens (tertiary/aromatic N) is 4. The highest BCUT2D eigenvalue weighted by Crippen LogP contribution is 2.34. The first kappa shape index (κ1) is 15.5. The fourth-order valence-electron chi connectivity index (χ4n) is 3.37. The highest BCUT2D eigenvalue weighted by Gasteiger charge is 2.33. The zero-order chi connectivity index (χ0) is 17.6. The fourth-order valence-corrected chi connectivity index (χ4v) is 3.37. The number of hydrogen-bond donors (Lipinski definition) is 1. The molecule has 0 radical (unpaired) electrons. The molecule has 0 saturated heterocycles. The van der Waals surface area contributed by atoms with Gasteiger partial charge < -0.3 is 14.4 Å². The van der Waals surface area contributed by atoms with Crippen LogP contribution in [0.5, 0.6) is 0 Å². The van der Waals surface area contributed by atoms with Gasteiger partial charge in [-0.25, -0.2) is 0 Å². The van der Waals surface area contributed by atoms with E-state index < -0.39 is 0 Å². The van der Waals surface area contributed by atoms with Crippen LogP contribution in [0.2, 0.25) is 0 Å². The predicted octanol–water partition coefficient (Wildman–Crippen LogP) is 2.33. The zero-order valence-electron chi connectivity index (χ0n) is 14.6. The van der Waals surface area contributed by atoms with Crippen molar-refractivity contribution in [2.24, 2.45) is 5.10 Å². The molecule has 128 valence electrons. The van der Waals surface area contributed by atoms with Crippen molar-refractivity contribution in [3.8, 4) is 0 Å². The minimum Gasteiger partial charge on any atom is -0.343 e. The van der Waals surface area contributed by atoms with Gasteiger partial charge in [-0.1, -0.05) is 30.3 Å². The van der Waals surface area contributed by atoms with Gasteiger partial charge >= 0.3 is 0 Å². The van der Waals surface area contributed by atoms with Crippen LogP contribution in [0.15, 0.2) is 47.6 Å². The SMILES string of the molecule is CC1=NNC2C=Cc3c(cc(C(=O)N(C)C)n3Cc3ccccc3)N12. The third-order valence-corrected chi connectivity index (χ3v) is 4.61. The predicted molar refractivity (Wildman–Crippen MR) is 99.5 cm³/mol. The van der Waals surface area contributed by atoms with Gasteiger partial charge in [-0.15, -0.1) is 0 Å². The number of hydrazone groups is 1. The molecule has 2 aromatic rings. The average Bonchev–Trinajstić information content (AvgIpc) is 3.16. The Morgan fingerprint density at radius 1 is 1.28 bits per heavy atom. The van der Waals surface area contributed by atoms with Gasteiger partial charge in [-0.3, -0.25) is 10.2 Å². The third kappa shape index (κ3) is 2.50. The van der Waals surface area contributed by atoms with Crippen molar-refractivity contribution >= 4 is 23.5 Å². The van der Waals surface area contributed by atoms with Gasteiger partial charge in [0.15, 0.2) is 0 Å². The van der Waals surface area contributed by atoms with Crippen LogP contribution in [0, 0.1) is 0 Å². The van der Waals surface area contributed by atoms with Crippen molar-refractivity contribution in [1.29, 1.82) is 0 Å². The Morgan fingerprint density at radius 2 is 2.04 bits per heavy atom. The molecule has 1 aromatic heterocycles. The van der Waals surface area contributed by atoms with E-state index in [0.29, 0.717) is 12.2 Å². The number of nitrogens with one attached hydrogen (secondary N) is 1. The van der Waals surface area contributed by atoms with Crippen molar-refractivity contribution in [1.82, 2.24) is 14.9 Å². The lowest BCUT2D eigenvalue weighted by Gasteiger charge is -2.27. The Kier molecular flexibility index (Phi) is 3.60. The van der Waals surface area contributed by atoms with E-state index in [4.69, 9.17) is 0 Å². The molecule has 1 N–H and O–H groups in total. The number of amidine groups is 1. The van der Waals surface area contributed by atoms with E-state index in [1.807, 2.05) is 31.2 Å². The van der Waals surface area contributed by atoms with Crippen molar-refractivity contribution in [3.05, 3.63) is 59.4 Å². The van der Waals surface area contributed by atoms with Gasteiger partial charge in [-0.2, -0.15) is 5.10 Å². The fraction of sp³-hybridized carbons (Fsp3) is 0.263.